The summed E-state index contributed by atoms with van der Waals surface area (Å²) in [7, 11) is 1.79. The summed E-state index contributed by atoms with van der Waals surface area (Å²) >= 11 is 0. The fourth-order valence-electron chi connectivity index (χ4n) is 3.71. The predicted molar refractivity (Wildman–Crippen MR) is 104 cm³/mol. The van der Waals surface area contributed by atoms with Crippen LogP contribution < -0.4 is 0 Å². The van der Waals surface area contributed by atoms with Crippen molar-refractivity contribution in [1.29, 1.82) is 0 Å². The van der Waals surface area contributed by atoms with Crippen molar-refractivity contribution in [2.45, 2.75) is 57.3 Å². The normalized spacial score (nSPS) is 11.6. The van der Waals surface area contributed by atoms with Gasteiger partial charge in [-0.15, -0.1) is 0 Å². The summed E-state index contributed by atoms with van der Waals surface area (Å²) in [6.07, 6.45) is 8.58. The van der Waals surface area contributed by atoms with Gasteiger partial charge in [0, 0.05) is 19.1 Å². The van der Waals surface area contributed by atoms with E-state index in [1.807, 2.05) is 0 Å². The van der Waals surface area contributed by atoms with Crippen LogP contribution in [0.4, 0.5) is 0 Å². The van der Waals surface area contributed by atoms with E-state index in [2.05, 4.69) is 67.6 Å². The molecule has 130 valence electrons. The zero-order valence-corrected chi connectivity index (χ0v) is 15.3. The molecule has 0 aliphatic heterocycles. The molecule has 0 aromatic heterocycles. The van der Waals surface area contributed by atoms with Crippen LogP contribution in [0.1, 0.15) is 63.0 Å². The molecule has 0 atom stereocenters. The molecule has 2 aromatic rings. The minimum atomic E-state index is 0.144. The smallest absolute Gasteiger partial charge is 0.0462 e. The van der Waals surface area contributed by atoms with E-state index >= 15 is 0 Å². The van der Waals surface area contributed by atoms with Gasteiger partial charge in [-0.3, -0.25) is 0 Å². The summed E-state index contributed by atoms with van der Waals surface area (Å²) in [5.74, 6) is 0. The van der Waals surface area contributed by atoms with E-state index in [4.69, 9.17) is 4.74 Å². The third kappa shape index (κ3) is 4.95. The molecular formula is C23H32O. The van der Waals surface area contributed by atoms with E-state index in [-0.39, 0.29) is 5.41 Å². The number of methoxy groups -OCH3 is 1. The molecule has 0 heterocycles. The third-order valence-corrected chi connectivity index (χ3v) is 5.06. The van der Waals surface area contributed by atoms with E-state index in [0.29, 0.717) is 0 Å². The number of rotatable bonds is 11. The van der Waals surface area contributed by atoms with Crippen LogP contribution in [0.25, 0.3) is 0 Å². The van der Waals surface area contributed by atoms with Gasteiger partial charge in [0.1, 0.15) is 0 Å². The first-order valence-corrected chi connectivity index (χ1v) is 9.43. The number of hydrogen-bond donors (Lipinski definition) is 0. The fraction of sp³-hybridized carbons (Fsp3) is 0.478. The highest BCUT2D eigenvalue weighted by Crippen LogP contribution is 2.41. The van der Waals surface area contributed by atoms with Crippen molar-refractivity contribution in [2.24, 2.45) is 0 Å². The molecule has 0 aliphatic carbocycles. The first-order chi connectivity index (χ1) is 11.8. The van der Waals surface area contributed by atoms with Crippen LogP contribution in [-0.4, -0.2) is 13.7 Å². The Balaban J connectivity index is 2.29. The van der Waals surface area contributed by atoms with Gasteiger partial charge >= 0.3 is 0 Å². The van der Waals surface area contributed by atoms with Crippen LogP contribution in [0.3, 0.4) is 0 Å². The average molecular weight is 325 g/mol. The SMILES string of the molecule is CCCCC(CCCCCOC)(c1ccccc1)c1ccccc1. The lowest BCUT2D eigenvalue weighted by Gasteiger charge is -2.36. The Morgan fingerprint density at radius 1 is 0.708 bits per heavy atom. The number of unbranched alkanes of at least 4 members (excludes halogenated alkanes) is 3. The highest BCUT2D eigenvalue weighted by molar-refractivity contribution is 5.39. The Bertz CT molecular complexity index is 507. The lowest BCUT2D eigenvalue weighted by molar-refractivity contribution is 0.191. The zero-order valence-electron chi connectivity index (χ0n) is 15.3. The van der Waals surface area contributed by atoms with Crippen molar-refractivity contribution in [1.82, 2.24) is 0 Å². The molecule has 0 fully saturated rings. The Kier molecular flexibility index (Phi) is 8.04. The largest absolute Gasteiger partial charge is 0.385 e. The van der Waals surface area contributed by atoms with Gasteiger partial charge in [-0.2, -0.15) is 0 Å². The van der Waals surface area contributed by atoms with Crippen molar-refractivity contribution in [2.75, 3.05) is 13.7 Å². The van der Waals surface area contributed by atoms with Crippen molar-refractivity contribution < 1.29 is 4.74 Å². The van der Waals surface area contributed by atoms with Crippen molar-refractivity contribution in [3.63, 3.8) is 0 Å². The highest BCUT2D eigenvalue weighted by atomic mass is 16.5. The second-order valence-corrected chi connectivity index (χ2v) is 6.72. The van der Waals surface area contributed by atoms with E-state index < -0.39 is 0 Å². The van der Waals surface area contributed by atoms with E-state index in [9.17, 15) is 0 Å². The zero-order chi connectivity index (χ0) is 17.1. The van der Waals surface area contributed by atoms with Crippen LogP contribution in [0.2, 0.25) is 0 Å². The topological polar surface area (TPSA) is 9.23 Å². The molecule has 24 heavy (non-hydrogen) atoms. The summed E-state index contributed by atoms with van der Waals surface area (Å²) < 4.78 is 5.21. The molecule has 0 spiro atoms. The lowest BCUT2D eigenvalue weighted by Crippen LogP contribution is -2.28. The maximum atomic E-state index is 5.21. The summed E-state index contributed by atoms with van der Waals surface area (Å²) in [4.78, 5) is 0. The van der Waals surface area contributed by atoms with Gasteiger partial charge in [-0.05, 0) is 30.4 Å². The molecule has 0 radical (unpaired) electrons. The molecule has 0 amide bonds. The maximum Gasteiger partial charge on any atom is 0.0462 e. The summed E-state index contributed by atoms with van der Waals surface area (Å²) in [6.45, 7) is 3.16. The standard InChI is InChI=1S/C23H32O/c1-3-4-18-23(19-12-7-13-20-24-2,21-14-8-5-9-15-21)22-16-10-6-11-17-22/h5-6,8-11,14-17H,3-4,7,12-13,18-20H2,1-2H3. The molecule has 2 aromatic carbocycles. The maximum absolute atomic E-state index is 5.21. The van der Waals surface area contributed by atoms with Crippen LogP contribution in [0.15, 0.2) is 60.7 Å². The molecule has 0 saturated carbocycles. The van der Waals surface area contributed by atoms with Crippen molar-refractivity contribution in [3.05, 3.63) is 71.8 Å². The molecule has 1 nitrogen and oxygen atoms in total. The molecule has 0 saturated heterocycles. The van der Waals surface area contributed by atoms with Crippen molar-refractivity contribution >= 4 is 0 Å². The second-order valence-electron chi connectivity index (χ2n) is 6.72. The summed E-state index contributed by atoms with van der Waals surface area (Å²) in [5.41, 5.74) is 3.08. The van der Waals surface area contributed by atoms with Crippen LogP contribution in [-0.2, 0) is 10.2 Å². The molecule has 2 rings (SSSR count). The minimum Gasteiger partial charge on any atom is -0.385 e. The van der Waals surface area contributed by atoms with Gasteiger partial charge < -0.3 is 4.74 Å². The third-order valence-electron chi connectivity index (χ3n) is 5.06. The van der Waals surface area contributed by atoms with Gasteiger partial charge in [-0.1, -0.05) is 93.3 Å². The van der Waals surface area contributed by atoms with Crippen LogP contribution in [0, 0.1) is 0 Å². The summed E-state index contributed by atoms with van der Waals surface area (Å²) in [5, 5.41) is 0. The lowest BCUT2D eigenvalue weighted by atomic mass is 9.68. The van der Waals surface area contributed by atoms with Crippen LogP contribution in [0.5, 0.6) is 0 Å². The van der Waals surface area contributed by atoms with Gasteiger partial charge in [-0.25, -0.2) is 0 Å². The quantitative estimate of drug-likeness (QED) is 0.436. The van der Waals surface area contributed by atoms with Gasteiger partial charge in [0.05, 0.1) is 0 Å². The Morgan fingerprint density at radius 2 is 1.25 bits per heavy atom. The molecule has 0 unspecified atom stereocenters. The first kappa shape index (κ1) is 18.7. The van der Waals surface area contributed by atoms with E-state index in [1.165, 1.54) is 49.7 Å². The average Bonchev–Trinajstić information content (AvgIpc) is 2.66. The molecular weight excluding hydrogens is 292 g/mol. The number of hydrogen-bond acceptors (Lipinski definition) is 1. The summed E-state index contributed by atoms with van der Waals surface area (Å²) in [6, 6.07) is 22.3. The molecule has 0 aliphatic rings. The molecule has 1 heteroatoms. The van der Waals surface area contributed by atoms with Gasteiger partial charge in [0.15, 0.2) is 0 Å². The van der Waals surface area contributed by atoms with Crippen molar-refractivity contribution in [3.8, 4) is 0 Å². The minimum absolute atomic E-state index is 0.144. The second kappa shape index (κ2) is 10.3. The van der Waals surface area contributed by atoms with E-state index in [0.717, 1.165) is 13.0 Å². The van der Waals surface area contributed by atoms with Gasteiger partial charge in [0.2, 0.25) is 0 Å². The number of benzene rings is 2. The predicted octanol–water partition coefficient (Wildman–Crippen LogP) is 6.37. The first-order valence-electron chi connectivity index (χ1n) is 9.43. The highest BCUT2D eigenvalue weighted by Gasteiger charge is 2.32. The monoisotopic (exact) mass is 324 g/mol. The number of ether oxygens (including phenoxy) is 1. The van der Waals surface area contributed by atoms with E-state index in [1.54, 1.807) is 7.11 Å². The Labute approximate surface area is 148 Å². The van der Waals surface area contributed by atoms with Crippen LogP contribution >= 0.6 is 0 Å². The molecule has 0 bridgehead atoms. The Hall–Kier alpha value is -1.60. The fourth-order valence-corrected chi connectivity index (χ4v) is 3.71. The molecule has 0 N–H and O–H groups in total. The Morgan fingerprint density at radius 3 is 1.75 bits per heavy atom. The van der Waals surface area contributed by atoms with Gasteiger partial charge in [0.25, 0.3) is 0 Å².